The summed E-state index contributed by atoms with van der Waals surface area (Å²) in [5.74, 6) is 0.620. The number of aryl methyl sites for hydroxylation is 1. The van der Waals surface area contributed by atoms with Crippen LogP contribution in [0.4, 0.5) is 5.69 Å². The first-order valence-corrected chi connectivity index (χ1v) is 10.3. The molecule has 0 saturated carbocycles. The lowest BCUT2D eigenvalue weighted by Crippen LogP contribution is -2.31. The zero-order valence-corrected chi connectivity index (χ0v) is 17.4. The Labute approximate surface area is 172 Å². The average Bonchev–Trinajstić information content (AvgIpc) is 2.74. The quantitative estimate of drug-likeness (QED) is 0.586. The molecular formula is C25H27N3O. The van der Waals surface area contributed by atoms with Gasteiger partial charge in [0.15, 0.2) is 5.78 Å². The van der Waals surface area contributed by atoms with Crippen LogP contribution in [0.3, 0.4) is 0 Å². The first-order valence-electron chi connectivity index (χ1n) is 10.3. The summed E-state index contributed by atoms with van der Waals surface area (Å²) in [6, 6.07) is 14.4. The van der Waals surface area contributed by atoms with Crippen molar-refractivity contribution in [1.82, 2.24) is 9.97 Å². The molecule has 4 rings (SSSR count). The molecule has 3 aromatic rings. The molecule has 1 aliphatic heterocycles. The number of rotatable bonds is 5. The SMILES string of the molecule is Cc1ccc(C(=O)Cc2cccc(C(C)C)c2)cc1N1CCc2ncncc2C1. The van der Waals surface area contributed by atoms with Crippen molar-refractivity contribution in [2.24, 2.45) is 0 Å². The maximum atomic E-state index is 13.0. The number of fused-ring (bicyclic) bond motifs is 1. The lowest BCUT2D eigenvalue weighted by atomic mass is 9.96. The molecule has 0 bridgehead atoms. The Kier molecular flexibility index (Phi) is 5.43. The molecule has 0 spiro atoms. The van der Waals surface area contributed by atoms with E-state index in [1.54, 1.807) is 6.33 Å². The van der Waals surface area contributed by atoms with Crippen LogP contribution in [0.2, 0.25) is 0 Å². The Morgan fingerprint density at radius 3 is 2.86 bits per heavy atom. The minimum absolute atomic E-state index is 0.160. The number of carbonyl (C=O) groups is 1. The van der Waals surface area contributed by atoms with Crippen molar-refractivity contribution in [1.29, 1.82) is 0 Å². The predicted octanol–water partition coefficient (Wildman–Crippen LogP) is 4.90. The summed E-state index contributed by atoms with van der Waals surface area (Å²) in [4.78, 5) is 23.9. The maximum absolute atomic E-state index is 13.0. The first-order chi connectivity index (χ1) is 14.0. The zero-order valence-electron chi connectivity index (χ0n) is 17.4. The standard InChI is InChI=1S/C25H27N3O/c1-17(2)20-6-4-5-19(11-20)12-25(29)21-8-7-18(3)24(13-21)28-10-9-23-22(15-28)14-26-16-27-23/h4-8,11,13-14,16-17H,9-10,12,15H2,1-3H3. The van der Waals surface area contributed by atoms with Gasteiger partial charge in [-0.05, 0) is 35.6 Å². The van der Waals surface area contributed by atoms with Gasteiger partial charge in [0.1, 0.15) is 6.33 Å². The van der Waals surface area contributed by atoms with Gasteiger partial charge in [0.2, 0.25) is 0 Å². The van der Waals surface area contributed by atoms with E-state index >= 15 is 0 Å². The van der Waals surface area contributed by atoms with Crippen molar-refractivity contribution in [2.75, 3.05) is 11.4 Å². The highest BCUT2D eigenvalue weighted by atomic mass is 16.1. The van der Waals surface area contributed by atoms with Gasteiger partial charge in [0.05, 0.1) is 5.69 Å². The van der Waals surface area contributed by atoms with E-state index in [4.69, 9.17) is 0 Å². The molecule has 4 heteroatoms. The van der Waals surface area contributed by atoms with Crippen LogP contribution in [0, 0.1) is 6.92 Å². The van der Waals surface area contributed by atoms with Gasteiger partial charge in [-0.25, -0.2) is 9.97 Å². The van der Waals surface area contributed by atoms with Crippen molar-refractivity contribution in [3.8, 4) is 0 Å². The first kappa shape index (κ1) is 19.3. The summed E-state index contributed by atoms with van der Waals surface area (Å²) in [6.45, 7) is 8.14. The smallest absolute Gasteiger partial charge is 0.167 e. The number of aromatic nitrogens is 2. The number of nitrogens with zero attached hydrogens (tertiary/aromatic N) is 3. The molecule has 0 unspecified atom stereocenters. The summed E-state index contributed by atoms with van der Waals surface area (Å²) in [5, 5.41) is 0. The van der Waals surface area contributed by atoms with Crippen LogP contribution in [0.25, 0.3) is 0 Å². The fourth-order valence-electron chi connectivity index (χ4n) is 3.95. The molecule has 0 aliphatic carbocycles. The molecule has 0 saturated heterocycles. The van der Waals surface area contributed by atoms with E-state index in [0.717, 1.165) is 42.0 Å². The topological polar surface area (TPSA) is 46.1 Å². The van der Waals surface area contributed by atoms with Gasteiger partial charge in [-0.1, -0.05) is 50.2 Å². The Morgan fingerprint density at radius 2 is 2.03 bits per heavy atom. The highest BCUT2D eigenvalue weighted by molar-refractivity contribution is 5.98. The summed E-state index contributed by atoms with van der Waals surface area (Å²) in [5.41, 5.74) is 7.73. The van der Waals surface area contributed by atoms with Crippen molar-refractivity contribution >= 4 is 11.5 Å². The summed E-state index contributed by atoms with van der Waals surface area (Å²) < 4.78 is 0. The van der Waals surface area contributed by atoms with Crippen molar-refractivity contribution in [3.63, 3.8) is 0 Å². The molecular weight excluding hydrogens is 358 g/mol. The summed E-state index contributed by atoms with van der Waals surface area (Å²) in [7, 11) is 0. The Morgan fingerprint density at radius 1 is 1.17 bits per heavy atom. The summed E-state index contributed by atoms with van der Waals surface area (Å²) >= 11 is 0. The van der Waals surface area contributed by atoms with Gasteiger partial charge in [-0.3, -0.25) is 4.79 Å². The number of hydrogen-bond donors (Lipinski definition) is 0. The Balaban J connectivity index is 1.55. The third-order valence-corrected chi connectivity index (χ3v) is 5.72. The molecule has 0 amide bonds. The molecule has 0 N–H and O–H groups in total. The van der Waals surface area contributed by atoms with Crippen LogP contribution >= 0.6 is 0 Å². The molecule has 1 aliphatic rings. The summed E-state index contributed by atoms with van der Waals surface area (Å²) in [6.07, 6.45) is 4.85. The van der Waals surface area contributed by atoms with Crippen LogP contribution in [0.15, 0.2) is 55.0 Å². The molecule has 1 aromatic heterocycles. The van der Waals surface area contributed by atoms with E-state index in [9.17, 15) is 4.79 Å². The van der Waals surface area contributed by atoms with Gasteiger partial charge in [-0.2, -0.15) is 0 Å². The number of benzene rings is 2. The van der Waals surface area contributed by atoms with E-state index in [-0.39, 0.29) is 5.78 Å². The lowest BCUT2D eigenvalue weighted by molar-refractivity contribution is 0.0993. The molecule has 29 heavy (non-hydrogen) atoms. The van der Waals surface area contributed by atoms with Crippen LogP contribution < -0.4 is 4.90 Å². The van der Waals surface area contributed by atoms with E-state index < -0.39 is 0 Å². The van der Waals surface area contributed by atoms with Crippen LogP contribution in [0.5, 0.6) is 0 Å². The molecule has 2 heterocycles. The molecule has 0 radical (unpaired) electrons. The van der Waals surface area contributed by atoms with Gasteiger partial charge in [0, 0.05) is 48.9 Å². The number of Topliss-reactive ketones (excluding diaryl/α,β-unsaturated/α-hetero) is 1. The number of ketones is 1. The number of anilines is 1. The zero-order chi connectivity index (χ0) is 20.4. The molecule has 0 atom stereocenters. The van der Waals surface area contributed by atoms with E-state index in [2.05, 4.69) is 59.9 Å². The van der Waals surface area contributed by atoms with Gasteiger partial charge >= 0.3 is 0 Å². The third-order valence-electron chi connectivity index (χ3n) is 5.72. The lowest BCUT2D eigenvalue weighted by Gasteiger charge is -2.31. The van der Waals surface area contributed by atoms with E-state index in [1.807, 2.05) is 24.4 Å². The van der Waals surface area contributed by atoms with Gasteiger partial charge < -0.3 is 4.90 Å². The maximum Gasteiger partial charge on any atom is 0.167 e. The van der Waals surface area contributed by atoms with Crippen LogP contribution in [-0.2, 0) is 19.4 Å². The molecule has 2 aromatic carbocycles. The van der Waals surface area contributed by atoms with Crippen molar-refractivity contribution < 1.29 is 4.79 Å². The second-order valence-corrected chi connectivity index (χ2v) is 8.17. The molecule has 0 fully saturated rings. The average molecular weight is 386 g/mol. The normalized spacial score (nSPS) is 13.4. The second-order valence-electron chi connectivity index (χ2n) is 8.17. The van der Waals surface area contributed by atoms with Crippen molar-refractivity contribution in [3.05, 3.63) is 88.5 Å². The minimum Gasteiger partial charge on any atom is -0.366 e. The Hall–Kier alpha value is -3.01. The highest BCUT2D eigenvalue weighted by Crippen LogP contribution is 2.28. The monoisotopic (exact) mass is 385 g/mol. The Bertz CT molecular complexity index is 1040. The fraction of sp³-hybridized carbons (Fsp3) is 0.320. The highest BCUT2D eigenvalue weighted by Gasteiger charge is 2.20. The number of hydrogen-bond acceptors (Lipinski definition) is 4. The van der Waals surface area contributed by atoms with Crippen LogP contribution in [-0.4, -0.2) is 22.3 Å². The van der Waals surface area contributed by atoms with Gasteiger partial charge in [-0.15, -0.1) is 0 Å². The van der Waals surface area contributed by atoms with Crippen molar-refractivity contribution in [2.45, 2.75) is 46.1 Å². The second kappa shape index (κ2) is 8.16. The largest absolute Gasteiger partial charge is 0.366 e. The van der Waals surface area contributed by atoms with E-state index in [1.165, 1.54) is 16.7 Å². The van der Waals surface area contributed by atoms with Crippen LogP contribution in [0.1, 0.15) is 58.1 Å². The molecule has 148 valence electrons. The minimum atomic E-state index is 0.160. The molecule has 4 nitrogen and oxygen atoms in total. The predicted molar refractivity (Wildman–Crippen MR) is 117 cm³/mol. The van der Waals surface area contributed by atoms with E-state index in [0.29, 0.717) is 12.3 Å². The fourth-order valence-corrected chi connectivity index (χ4v) is 3.95. The third kappa shape index (κ3) is 4.21. The number of carbonyl (C=O) groups excluding carboxylic acids is 1. The van der Waals surface area contributed by atoms with Gasteiger partial charge in [0.25, 0.3) is 0 Å².